The van der Waals surface area contributed by atoms with Gasteiger partial charge < -0.3 is 10.1 Å². The van der Waals surface area contributed by atoms with Gasteiger partial charge in [0.05, 0.1) is 36.4 Å². The predicted octanol–water partition coefficient (Wildman–Crippen LogP) is 5.90. The number of halogens is 2. The number of benzene rings is 2. The van der Waals surface area contributed by atoms with Gasteiger partial charge >= 0.3 is 5.97 Å². The lowest BCUT2D eigenvalue weighted by Crippen LogP contribution is -2.27. The zero-order valence-corrected chi connectivity index (χ0v) is 22.6. The first-order valence-corrected chi connectivity index (χ1v) is 13.2. The highest BCUT2D eigenvalue weighted by molar-refractivity contribution is 6.31. The summed E-state index contributed by atoms with van der Waals surface area (Å²) in [6.07, 6.45) is 4.74. The zero-order valence-electron chi connectivity index (χ0n) is 21.9. The number of esters is 1. The van der Waals surface area contributed by atoms with E-state index in [2.05, 4.69) is 15.3 Å². The number of carbonyl (C=O) groups excluding carboxylic acids is 2. The van der Waals surface area contributed by atoms with Gasteiger partial charge in [-0.05, 0) is 66.9 Å². The van der Waals surface area contributed by atoms with Crippen LogP contribution in [0.15, 0.2) is 71.9 Å². The summed E-state index contributed by atoms with van der Waals surface area (Å²) in [5, 5.41) is 3.30. The van der Waals surface area contributed by atoms with Crippen LogP contribution in [0.4, 0.5) is 10.1 Å². The molecule has 0 aliphatic carbocycles. The molecule has 4 aromatic rings. The molecule has 8 nitrogen and oxygen atoms in total. The van der Waals surface area contributed by atoms with E-state index >= 15 is 0 Å². The molecular weight excluding hydrogens is 535 g/mol. The van der Waals surface area contributed by atoms with Crippen LogP contribution in [0.1, 0.15) is 48.3 Å². The Morgan fingerprint density at radius 2 is 1.88 bits per heavy atom. The van der Waals surface area contributed by atoms with Crippen molar-refractivity contribution in [2.24, 2.45) is 5.92 Å². The lowest BCUT2D eigenvalue weighted by atomic mass is 9.95. The number of pyridine rings is 1. The van der Waals surface area contributed by atoms with Crippen molar-refractivity contribution in [3.63, 3.8) is 0 Å². The van der Waals surface area contributed by atoms with Crippen molar-refractivity contribution in [3.05, 3.63) is 99.6 Å². The molecule has 2 bridgehead atoms. The number of nitrogens with one attached hydrogen (secondary N) is 1. The highest BCUT2D eigenvalue weighted by atomic mass is 35.5. The summed E-state index contributed by atoms with van der Waals surface area (Å²) in [5.74, 6) is -1.48. The summed E-state index contributed by atoms with van der Waals surface area (Å²) < 4.78 is 20.6. The van der Waals surface area contributed by atoms with Gasteiger partial charge in [0, 0.05) is 40.0 Å². The molecule has 2 aromatic carbocycles. The largest absolute Gasteiger partial charge is 0.465 e. The first kappa shape index (κ1) is 27.2. The second-order valence-electron chi connectivity index (χ2n) is 9.70. The van der Waals surface area contributed by atoms with Crippen LogP contribution in [0, 0.1) is 11.7 Å². The van der Waals surface area contributed by atoms with Gasteiger partial charge in [0.2, 0.25) is 5.91 Å². The molecule has 204 valence electrons. The van der Waals surface area contributed by atoms with Crippen LogP contribution in [0.25, 0.3) is 22.4 Å². The summed E-state index contributed by atoms with van der Waals surface area (Å²) in [6, 6.07) is 13.2. The number of hydrogen-bond acceptors (Lipinski definition) is 6. The smallest absolute Gasteiger partial charge is 0.338 e. The Balaban J connectivity index is 1.61. The first-order valence-electron chi connectivity index (χ1n) is 12.8. The Hall–Kier alpha value is -4.37. The van der Waals surface area contributed by atoms with Crippen molar-refractivity contribution in [3.8, 4) is 22.4 Å². The number of amides is 1. The van der Waals surface area contributed by atoms with E-state index in [1.165, 1.54) is 42.3 Å². The maximum Gasteiger partial charge on any atom is 0.338 e. The van der Waals surface area contributed by atoms with Crippen molar-refractivity contribution in [1.29, 1.82) is 0 Å². The van der Waals surface area contributed by atoms with Gasteiger partial charge in [0.1, 0.15) is 5.82 Å². The molecule has 0 unspecified atom stereocenters. The second kappa shape index (κ2) is 11.4. The molecule has 1 amide bonds. The van der Waals surface area contributed by atoms with Gasteiger partial charge in [0.25, 0.3) is 5.56 Å². The van der Waals surface area contributed by atoms with Crippen LogP contribution < -0.4 is 10.9 Å². The summed E-state index contributed by atoms with van der Waals surface area (Å²) in [5.41, 5.74) is 2.78. The van der Waals surface area contributed by atoms with Crippen molar-refractivity contribution in [1.82, 2.24) is 14.5 Å². The fourth-order valence-electron chi connectivity index (χ4n) is 4.90. The Morgan fingerprint density at radius 3 is 2.65 bits per heavy atom. The van der Waals surface area contributed by atoms with E-state index in [9.17, 15) is 18.8 Å². The van der Waals surface area contributed by atoms with Crippen molar-refractivity contribution >= 4 is 29.2 Å². The first-order chi connectivity index (χ1) is 19.2. The number of hydrogen-bond donors (Lipinski definition) is 1. The van der Waals surface area contributed by atoms with E-state index in [0.717, 1.165) is 0 Å². The van der Waals surface area contributed by atoms with Crippen LogP contribution in [0.3, 0.4) is 0 Å². The van der Waals surface area contributed by atoms with Gasteiger partial charge in [-0.3, -0.25) is 19.1 Å². The van der Waals surface area contributed by atoms with Gasteiger partial charge in [-0.25, -0.2) is 14.2 Å². The van der Waals surface area contributed by atoms with Crippen LogP contribution in [0.5, 0.6) is 0 Å². The van der Waals surface area contributed by atoms with Crippen LogP contribution in [-0.4, -0.2) is 33.5 Å². The maximum absolute atomic E-state index is 14.3. The van der Waals surface area contributed by atoms with E-state index in [1.54, 1.807) is 36.5 Å². The lowest BCUT2D eigenvalue weighted by molar-refractivity contribution is -0.119. The average molecular weight is 561 g/mol. The Kier molecular flexibility index (Phi) is 7.75. The molecule has 3 heterocycles. The van der Waals surface area contributed by atoms with E-state index in [0.29, 0.717) is 52.4 Å². The molecule has 1 N–H and O–H groups in total. The highest BCUT2D eigenvalue weighted by Gasteiger charge is 2.23. The third-order valence-corrected chi connectivity index (χ3v) is 7.30. The fourth-order valence-corrected chi connectivity index (χ4v) is 5.08. The molecule has 0 radical (unpaired) electrons. The van der Waals surface area contributed by atoms with Crippen LogP contribution in [-0.2, 0) is 9.53 Å². The summed E-state index contributed by atoms with van der Waals surface area (Å²) in [4.78, 5) is 47.8. The predicted molar refractivity (Wildman–Crippen MR) is 150 cm³/mol. The Bertz CT molecular complexity index is 1670. The van der Waals surface area contributed by atoms with Crippen LogP contribution >= 0.6 is 11.6 Å². The van der Waals surface area contributed by atoms with E-state index in [4.69, 9.17) is 16.3 Å². The summed E-state index contributed by atoms with van der Waals surface area (Å²) in [7, 11) is 1.27. The fraction of sp³-hybridized carbons (Fsp3) is 0.233. The maximum atomic E-state index is 14.3. The van der Waals surface area contributed by atoms with Crippen LogP contribution in [0.2, 0.25) is 5.02 Å². The van der Waals surface area contributed by atoms with Gasteiger partial charge in [-0.15, -0.1) is 0 Å². The number of fused-ring (bicyclic) bond motifs is 4. The number of methoxy groups -OCH3 is 1. The number of anilines is 1. The zero-order chi connectivity index (χ0) is 28.4. The summed E-state index contributed by atoms with van der Waals surface area (Å²) >= 11 is 6.18. The average Bonchev–Trinajstić information content (AvgIpc) is 2.95. The highest BCUT2D eigenvalue weighted by Crippen LogP contribution is 2.33. The normalized spacial score (nSPS) is 17.1. The van der Waals surface area contributed by atoms with Gasteiger partial charge in [-0.2, -0.15) is 0 Å². The Labute approximate surface area is 234 Å². The number of nitrogens with zero attached hydrogens (tertiary/aromatic N) is 3. The molecule has 1 aliphatic rings. The monoisotopic (exact) mass is 560 g/mol. The molecule has 0 fully saturated rings. The topological polar surface area (TPSA) is 103 Å². The molecular formula is C30H26ClFN4O4. The molecule has 40 heavy (non-hydrogen) atoms. The quantitative estimate of drug-likeness (QED) is 0.313. The van der Waals surface area contributed by atoms with Gasteiger partial charge in [0.15, 0.2) is 0 Å². The number of ether oxygens (including phenoxy) is 1. The standard InChI is InChI=1S/C30H26ClFN4O4/c1-17-4-3-5-27(26-12-18(10-11-33-26)22-14-20(32)7-9-24(22)35-29(17)38)36-16-34-25(15-28(36)37)23-13-19(31)6-8-21(23)30(39)40-2/h6-17,27H,3-5H2,1-2H3,(H,35,38)/t17-,27+/m1/s1. The van der Waals surface area contributed by atoms with Gasteiger partial charge in [-0.1, -0.05) is 24.9 Å². The molecule has 0 saturated carbocycles. The number of rotatable bonds is 3. The minimum atomic E-state index is -0.576. The minimum Gasteiger partial charge on any atom is -0.465 e. The molecule has 2 atom stereocenters. The van der Waals surface area contributed by atoms with E-state index in [-0.39, 0.29) is 28.6 Å². The lowest BCUT2D eigenvalue weighted by Gasteiger charge is -2.23. The Morgan fingerprint density at radius 1 is 1.05 bits per heavy atom. The van der Waals surface area contributed by atoms with Crippen molar-refractivity contribution in [2.45, 2.75) is 32.2 Å². The molecule has 5 rings (SSSR count). The molecule has 0 spiro atoms. The van der Waals surface area contributed by atoms with Crippen molar-refractivity contribution in [2.75, 3.05) is 12.4 Å². The number of aromatic nitrogens is 3. The van der Waals surface area contributed by atoms with Crippen molar-refractivity contribution < 1.29 is 18.7 Å². The summed E-state index contributed by atoms with van der Waals surface area (Å²) in [6.45, 7) is 1.84. The number of carbonyl (C=O) groups is 2. The SMILES string of the molecule is COC(=O)c1ccc(Cl)cc1-c1cc(=O)n([C@H]2CCC[C@@H](C)C(=O)Nc3ccc(F)cc3-c3ccnc2c3)cn1. The van der Waals surface area contributed by atoms with E-state index < -0.39 is 17.8 Å². The molecule has 2 aromatic heterocycles. The second-order valence-corrected chi connectivity index (χ2v) is 10.1. The van der Waals surface area contributed by atoms with E-state index in [1.807, 2.05) is 6.92 Å². The minimum absolute atomic E-state index is 0.162. The molecule has 10 heteroatoms. The molecule has 1 aliphatic heterocycles. The third-order valence-electron chi connectivity index (χ3n) is 7.07. The molecule has 0 saturated heterocycles. The third kappa shape index (κ3) is 5.51.